The first-order valence-corrected chi connectivity index (χ1v) is 12.0. The predicted octanol–water partition coefficient (Wildman–Crippen LogP) is 5.04. The van der Waals surface area contributed by atoms with Crippen molar-refractivity contribution in [2.75, 3.05) is 19.6 Å². The summed E-state index contributed by atoms with van der Waals surface area (Å²) in [7, 11) is 0. The molecule has 0 radical (unpaired) electrons. The topological polar surface area (TPSA) is 54.9 Å². The number of carbonyl (C=O) groups excluding carboxylic acids is 1. The van der Waals surface area contributed by atoms with Gasteiger partial charge >= 0.3 is 6.09 Å². The Morgan fingerprint density at radius 2 is 1.74 bits per heavy atom. The lowest BCUT2D eigenvalue weighted by Gasteiger charge is -2.26. The molecule has 3 aromatic rings. The van der Waals surface area contributed by atoms with Gasteiger partial charge in [-0.1, -0.05) is 54.6 Å². The number of nitrogens with zero attached hydrogens (tertiary/aromatic N) is 3. The van der Waals surface area contributed by atoms with Crippen LogP contribution in [0.1, 0.15) is 36.1 Å². The van der Waals surface area contributed by atoms with Gasteiger partial charge in [0.1, 0.15) is 18.0 Å². The number of aromatic nitrogens is 1. The van der Waals surface area contributed by atoms with Crippen LogP contribution >= 0.6 is 0 Å². The Hall–Kier alpha value is -3.38. The van der Waals surface area contributed by atoms with Crippen LogP contribution in [-0.4, -0.2) is 46.1 Å². The molecule has 2 saturated heterocycles. The van der Waals surface area contributed by atoms with Gasteiger partial charge in [0.15, 0.2) is 0 Å². The summed E-state index contributed by atoms with van der Waals surface area (Å²) in [5, 5.41) is 0. The molecule has 6 nitrogen and oxygen atoms in total. The Morgan fingerprint density at radius 3 is 2.59 bits per heavy atom. The molecule has 0 bridgehead atoms. The smallest absolute Gasteiger partial charge is 0.410 e. The minimum atomic E-state index is -0.379. The van der Waals surface area contributed by atoms with Gasteiger partial charge < -0.3 is 9.47 Å². The molecule has 1 aromatic heterocycles. The largest absolute Gasteiger partial charge is 0.487 e. The highest BCUT2D eigenvalue weighted by Crippen LogP contribution is 2.34. The summed E-state index contributed by atoms with van der Waals surface area (Å²) in [5.74, 6) is 0.897. The van der Waals surface area contributed by atoms with Crippen LogP contribution in [0, 0.1) is 0 Å². The fraction of sp³-hybridized carbons (Fsp3) is 0.357. The molecule has 0 N–H and O–H groups in total. The van der Waals surface area contributed by atoms with Gasteiger partial charge in [0.25, 0.3) is 0 Å². The van der Waals surface area contributed by atoms with E-state index in [0.717, 1.165) is 55.9 Å². The molecule has 0 unspecified atom stereocenters. The van der Waals surface area contributed by atoms with Crippen LogP contribution in [0.25, 0.3) is 0 Å². The number of benzene rings is 2. The standard InChI is InChI=1S/C28H31N3O3/c32-27-31(19-23-9-2-1-3-10-23)22-28(34-27)14-8-17-30(18-15-28)20-24-11-4-5-13-26(24)33-21-25-12-6-7-16-29-25/h1-7,9-13,16H,8,14-15,17-22H2/t28-/m1/s1. The summed E-state index contributed by atoms with van der Waals surface area (Å²) in [6, 6.07) is 24.2. The van der Waals surface area contributed by atoms with Crippen molar-refractivity contribution in [3.8, 4) is 5.75 Å². The molecule has 34 heavy (non-hydrogen) atoms. The molecule has 1 spiro atoms. The minimum Gasteiger partial charge on any atom is -0.487 e. The maximum atomic E-state index is 12.6. The van der Waals surface area contributed by atoms with Crippen molar-refractivity contribution in [1.29, 1.82) is 0 Å². The summed E-state index contributed by atoms with van der Waals surface area (Å²) in [6.07, 6.45) is 4.35. The Bertz CT molecular complexity index is 1090. The van der Waals surface area contributed by atoms with E-state index >= 15 is 0 Å². The minimum absolute atomic E-state index is 0.189. The second-order valence-electron chi connectivity index (χ2n) is 9.24. The zero-order valence-electron chi connectivity index (χ0n) is 19.4. The number of hydrogen-bond acceptors (Lipinski definition) is 5. The lowest BCUT2D eigenvalue weighted by atomic mass is 9.95. The van der Waals surface area contributed by atoms with E-state index in [9.17, 15) is 4.79 Å². The third-order valence-corrected chi connectivity index (χ3v) is 6.72. The van der Waals surface area contributed by atoms with Crippen molar-refractivity contribution in [3.63, 3.8) is 0 Å². The van der Waals surface area contributed by atoms with Crippen LogP contribution in [0.2, 0.25) is 0 Å². The number of hydrogen-bond donors (Lipinski definition) is 0. The molecule has 1 amide bonds. The Balaban J connectivity index is 1.19. The first kappa shape index (κ1) is 22.4. The fourth-order valence-corrected chi connectivity index (χ4v) is 4.91. The van der Waals surface area contributed by atoms with Crippen molar-refractivity contribution in [3.05, 3.63) is 95.8 Å². The molecule has 2 aliphatic rings. The van der Waals surface area contributed by atoms with Crippen LogP contribution < -0.4 is 4.74 Å². The second-order valence-corrected chi connectivity index (χ2v) is 9.24. The number of amides is 1. The van der Waals surface area contributed by atoms with Crippen LogP contribution in [0.4, 0.5) is 4.79 Å². The maximum Gasteiger partial charge on any atom is 0.410 e. The summed E-state index contributed by atoms with van der Waals surface area (Å²) in [6.45, 7) is 4.41. The second kappa shape index (κ2) is 10.3. The first-order valence-electron chi connectivity index (χ1n) is 12.0. The van der Waals surface area contributed by atoms with E-state index < -0.39 is 0 Å². The van der Waals surface area contributed by atoms with Crippen molar-refractivity contribution < 1.29 is 14.3 Å². The van der Waals surface area contributed by atoms with Crippen LogP contribution in [0.15, 0.2) is 79.0 Å². The van der Waals surface area contributed by atoms with Crippen LogP contribution in [0.5, 0.6) is 5.75 Å². The van der Waals surface area contributed by atoms with Crippen LogP contribution in [0.3, 0.4) is 0 Å². The van der Waals surface area contributed by atoms with Gasteiger partial charge in [-0.25, -0.2) is 4.79 Å². The first-order chi connectivity index (χ1) is 16.7. The van der Waals surface area contributed by atoms with E-state index in [-0.39, 0.29) is 11.7 Å². The van der Waals surface area contributed by atoms with E-state index in [1.165, 1.54) is 5.56 Å². The number of likely N-dealkylation sites (tertiary alicyclic amines) is 1. The molecule has 2 aromatic carbocycles. The predicted molar refractivity (Wildman–Crippen MR) is 130 cm³/mol. The van der Waals surface area contributed by atoms with E-state index in [1.54, 1.807) is 6.20 Å². The molecule has 0 aliphatic carbocycles. The zero-order chi connectivity index (χ0) is 23.2. The molecule has 176 valence electrons. The quantitative estimate of drug-likeness (QED) is 0.498. The zero-order valence-corrected chi connectivity index (χ0v) is 19.4. The van der Waals surface area contributed by atoms with Crippen molar-refractivity contribution in [2.24, 2.45) is 0 Å². The van der Waals surface area contributed by atoms with Gasteiger partial charge in [-0.3, -0.25) is 14.8 Å². The fourth-order valence-electron chi connectivity index (χ4n) is 4.91. The maximum absolute atomic E-state index is 12.6. The van der Waals surface area contributed by atoms with Gasteiger partial charge in [0, 0.05) is 37.8 Å². The third-order valence-electron chi connectivity index (χ3n) is 6.72. The van der Waals surface area contributed by atoms with Crippen LogP contribution in [-0.2, 0) is 24.4 Å². The van der Waals surface area contributed by atoms with Gasteiger partial charge in [-0.15, -0.1) is 0 Å². The van der Waals surface area contributed by atoms with E-state index in [0.29, 0.717) is 19.7 Å². The normalized spacial score (nSPS) is 20.8. The molecular weight excluding hydrogens is 426 g/mol. The number of carbonyl (C=O) groups is 1. The Labute approximate surface area is 201 Å². The molecule has 2 aliphatic heterocycles. The molecule has 6 heteroatoms. The molecule has 3 heterocycles. The average molecular weight is 458 g/mol. The summed E-state index contributed by atoms with van der Waals surface area (Å²) < 4.78 is 12.1. The average Bonchev–Trinajstić information content (AvgIpc) is 3.04. The van der Waals surface area contributed by atoms with E-state index in [2.05, 4.69) is 34.1 Å². The van der Waals surface area contributed by atoms with Gasteiger partial charge in [-0.05, 0) is 43.1 Å². The number of ether oxygens (including phenoxy) is 2. The highest BCUT2D eigenvalue weighted by Gasteiger charge is 2.45. The Morgan fingerprint density at radius 1 is 0.912 bits per heavy atom. The number of pyridine rings is 1. The van der Waals surface area contributed by atoms with E-state index in [1.807, 2.05) is 53.4 Å². The summed E-state index contributed by atoms with van der Waals surface area (Å²) in [5.41, 5.74) is 2.84. The molecule has 5 rings (SSSR count). The molecular formula is C28H31N3O3. The number of para-hydroxylation sites is 1. The highest BCUT2D eigenvalue weighted by atomic mass is 16.6. The summed E-state index contributed by atoms with van der Waals surface area (Å²) >= 11 is 0. The van der Waals surface area contributed by atoms with Gasteiger partial charge in [-0.2, -0.15) is 0 Å². The lowest BCUT2D eigenvalue weighted by molar-refractivity contribution is 0.0443. The van der Waals surface area contributed by atoms with E-state index in [4.69, 9.17) is 9.47 Å². The monoisotopic (exact) mass is 457 g/mol. The highest BCUT2D eigenvalue weighted by molar-refractivity contribution is 5.70. The Kier molecular flexibility index (Phi) is 6.77. The number of rotatable bonds is 7. The van der Waals surface area contributed by atoms with Crippen molar-refractivity contribution in [1.82, 2.24) is 14.8 Å². The van der Waals surface area contributed by atoms with Gasteiger partial charge in [0.05, 0.1) is 12.2 Å². The lowest BCUT2D eigenvalue weighted by Crippen LogP contribution is -2.35. The molecule has 0 saturated carbocycles. The SMILES string of the molecule is O=C1O[C@@]2(CCCN(Cc3ccccc3OCc3ccccn3)CC2)CN1Cc1ccccc1. The third kappa shape index (κ3) is 5.39. The molecule has 2 fully saturated rings. The summed E-state index contributed by atoms with van der Waals surface area (Å²) in [4.78, 5) is 21.3. The van der Waals surface area contributed by atoms with Crippen molar-refractivity contribution >= 4 is 6.09 Å². The van der Waals surface area contributed by atoms with Gasteiger partial charge in [0.2, 0.25) is 0 Å². The molecule has 1 atom stereocenters. The van der Waals surface area contributed by atoms with Crippen molar-refractivity contribution in [2.45, 2.75) is 44.6 Å².